The molecule has 1 aromatic carbocycles. The van der Waals surface area contributed by atoms with Gasteiger partial charge < -0.3 is 15.2 Å². The normalized spacial score (nSPS) is 22.0. The topological polar surface area (TPSA) is 58.6 Å². The van der Waals surface area contributed by atoms with Crippen molar-refractivity contribution in [3.63, 3.8) is 0 Å². The molecular weight excluding hydrogens is 290 g/mol. The van der Waals surface area contributed by atoms with Crippen LogP contribution in [0.2, 0.25) is 5.02 Å². The van der Waals surface area contributed by atoms with Crippen LogP contribution in [0.3, 0.4) is 0 Å². The molecule has 1 aromatic rings. The maximum Gasteiger partial charge on any atom is 0.306 e. The molecule has 116 valence electrons. The minimum atomic E-state index is -0.658. The van der Waals surface area contributed by atoms with Crippen LogP contribution in [0.15, 0.2) is 18.2 Å². The molecule has 2 rings (SSSR count). The number of aliphatic carboxylic acids is 1. The van der Waals surface area contributed by atoms with Crippen molar-refractivity contribution < 1.29 is 14.6 Å². The van der Waals surface area contributed by atoms with Gasteiger partial charge >= 0.3 is 5.97 Å². The summed E-state index contributed by atoms with van der Waals surface area (Å²) in [6, 6.07) is 5.69. The van der Waals surface area contributed by atoms with E-state index in [0.717, 1.165) is 37.8 Å². The van der Waals surface area contributed by atoms with Crippen LogP contribution >= 0.6 is 11.6 Å². The lowest BCUT2D eigenvalue weighted by Crippen LogP contribution is -2.34. The Morgan fingerprint density at radius 2 is 2.19 bits per heavy atom. The maximum absolute atomic E-state index is 11.3. The zero-order valence-electron chi connectivity index (χ0n) is 12.3. The van der Waals surface area contributed by atoms with Gasteiger partial charge in [-0.2, -0.15) is 0 Å². The summed E-state index contributed by atoms with van der Waals surface area (Å²) in [5.41, 5.74) is 1.07. The second-order valence-electron chi connectivity index (χ2n) is 5.59. The first-order chi connectivity index (χ1) is 10.1. The smallest absolute Gasteiger partial charge is 0.306 e. The summed E-state index contributed by atoms with van der Waals surface area (Å²) in [6.07, 6.45) is 3.95. The summed E-state index contributed by atoms with van der Waals surface area (Å²) in [6.45, 7) is 1.42. The first-order valence-corrected chi connectivity index (χ1v) is 7.75. The molecular formula is C16H22ClNO3. The molecule has 2 atom stereocenters. The van der Waals surface area contributed by atoms with E-state index in [0.29, 0.717) is 17.3 Å². The Bertz CT molecular complexity index is 492. The number of carbonyl (C=O) groups is 1. The molecule has 0 saturated heterocycles. The molecule has 21 heavy (non-hydrogen) atoms. The molecule has 1 aliphatic carbocycles. The van der Waals surface area contributed by atoms with Crippen LogP contribution in [-0.4, -0.2) is 24.7 Å². The lowest BCUT2D eigenvalue weighted by atomic mass is 9.79. The van der Waals surface area contributed by atoms with Gasteiger partial charge in [0.15, 0.2) is 0 Å². The van der Waals surface area contributed by atoms with Gasteiger partial charge in [0.05, 0.1) is 18.1 Å². The van der Waals surface area contributed by atoms with Crippen LogP contribution in [0.1, 0.15) is 31.2 Å². The number of nitrogens with one attached hydrogen (secondary N) is 1. The van der Waals surface area contributed by atoms with Gasteiger partial charge in [0.2, 0.25) is 0 Å². The largest absolute Gasteiger partial charge is 0.495 e. The van der Waals surface area contributed by atoms with Gasteiger partial charge in [-0.15, -0.1) is 0 Å². The molecule has 0 bridgehead atoms. The van der Waals surface area contributed by atoms with Crippen LogP contribution in [0.4, 0.5) is 0 Å². The van der Waals surface area contributed by atoms with Gasteiger partial charge in [-0.1, -0.05) is 30.5 Å². The van der Waals surface area contributed by atoms with Crippen LogP contribution in [0.5, 0.6) is 5.75 Å². The van der Waals surface area contributed by atoms with Crippen molar-refractivity contribution in [3.8, 4) is 5.75 Å². The van der Waals surface area contributed by atoms with Gasteiger partial charge in [-0.25, -0.2) is 0 Å². The molecule has 0 radical (unpaired) electrons. The van der Waals surface area contributed by atoms with Gasteiger partial charge in [0.25, 0.3) is 0 Å². The fourth-order valence-electron chi connectivity index (χ4n) is 3.00. The van der Waals surface area contributed by atoms with Gasteiger partial charge in [-0.05, 0) is 43.0 Å². The minimum absolute atomic E-state index is 0.203. The average Bonchev–Trinajstić information content (AvgIpc) is 2.48. The first kappa shape index (κ1) is 16.1. The monoisotopic (exact) mass is 311 g/mol. The fraction of sp³-hybridized carbons (Fsp3) is 0.562. The second kappa shape index (κ2) is 7.66. The van der Waals surface area contributed by atoms with Gasteiger partial charge in [-0.3, -0.25) is 4.79 Å². The molecule has 2 unspecified atom stereocenters. The molecule has 1 fully saturated rings. The Morgan fingerprint density at radius 1 is 1.43 bits per heavy atom. The van der Waals surface area contributed by atoms with Crippen molar-refractivity contribution in [3.05, 3.63) is 28.8 Å². The maximum atomic E-state index is 11.3. The molecule has 0 heterocycles. The number of carboxylic acid groups (broad SMARTS) is 1. The molecule has 4 nitrogen and oxygen atoms in total. The lowest BCUT2D eigenvalue weighted by molar-refractivity contribution is -0.144. The number of hydrogen-bond acceptors (Lipinski definition) is 3. The first-order valence-electron chi connectivity index (χ1n) is 7.37. The summed E-state index contributed by atoms with van der Waals surface area (Å²) in [7, 11) is 1.59. The number of rotatable bonds is 6. The van der Waals surface area contributed by atoms with Crippen LogP contribution in [0, 0.1) is 11.8 Å². The molecule has 2 N–H and O–H groups in total. The van der Waals surface area contributed by atoms with E-state index in [1.54, 1.807) is 7.11 Å². The van der Waals surface area contributed by atoms with E-state index in [-0.39, 0.29) is 11.8 Å². The van der Waals surface area contributed by atoms with Crippen molar-refractivity contribution >= 4 is 17.6 Å². The summed E-state index contributed by atoms with van der Waals surface area (Å²) < 4.78 is 5.12. The van der Waals surface area contributed by atoms with Gasteiger partial charge in [0.1, 0.15) is 5.75 Å². The highest BCUT2D eigenvalue weighted by atomic mass is 35.5. The predicted octanol–water partition coefficient (Wildman–Crippen LogP) is 3.33. The molecule has 0 spiro atoms. The zero-order chi connectivity index (χ0) is 15.2. The van der Waals surface area contributed by atoms with Crippen molar-refractivity contribution in [2.75, 3.05) is 13.7 Å². The highest BCUT2D eigenvalue weighted by Gasteiger charge is 2.30. The Balaban J connectivity index is 1.85. The summed E-state index contributed by atoms with van der Waals surface area (Å²) >= 11 is 6.09. The third-order valence-electron chi connectivity index (χ3n) is 4.18. The molecule has 5 heteroatoms. The van der Waals surface area contributed by atoms with E-state index in [2.05, 4.69) is 5.32 Å². The highest BCUT2D eigenvalue weighted by Crippen LogP contribution is 2.30. The quantitative estimate of drug-likeness (QED) is 0.846. The number of halogens is 1. The molecule has 1 saturated carbocycles. The van der Waals surface area contributed by atoms with E-state index in [1.807, 2.05) is 18.2 Å². The standard InChI is InChI=1S/C16H22ClNO3/c1-21-15-7-6-11(8-14(15)17)9-18-10-12-4-2-3-5-13(12)16(19)20/h6-8,12-13,18H,2-5,9-10H2,1H3,(H,19,20). The summed E-state index contributed by atoms with van der Waals surface area (Å²) in [5.74, 6) is 0.0308. The van der Waals surface area contributed by atoms with Crippen molar-refractivity contribution in [2.45, 2.75) is 32.2 Å². The third-order valence-corrected chi connectivity index (χ3v) is 4.47. The number of carboxylic acids is 1. The molecule has 0 amide bonds. The fourth-order valence-corrected chi connectivity index (χ4v) is 3.28. The van der Waals surface area contributed by atoms with Crippen LogP contribution in [-0.2, 0) is 11.3 Å². The highest BCUT2D eigenvalue weighted by molar-refractivity contribution is 6.32. The van der Waals surface area contributed by atoms with E-state index < -0.39 is 5.97 Å². The summed E-state index contributed by atoms with van der Waals surface area (Å²) in [5, 5.41) is 13.2. The van der Waals surface area contributed by atoms with Crippen LogP contribution < -0.4 is 10.1 Å². The van der Waals surface area contributed by atoms with Crippen LogP contribution in [0.25, 0.3) is 0 Å². The number of methoxy groups -OCH3 is 1. The zero-order valence-corrected chi connectivity index (χ0v) is 13.0. The number of benzene rings is 1. The Kier molecular flexibility index (Phi) is 5.88. The van der Waals surface area contributed by atoms with Crippen molar-refractivity contribution in [1.82, 2.24) is 5.32 Å². The summed E-state index contributed by atoms with van der Waals surface area (Å²) in [4.78, 5) is 11.3. The second-order valence-corrected chi connectivity index (χ2v) is 6.00. The average molecular weight is 312 g/mol. The third kappa shape index (κ3) is 4.35. The molecule has 0 aromatic heterocycles. The number of ether oxygens (including phenoxy) is 1. The Labute approximate surface area is 130 Å². The molecule has 1 aliphatic rings. The van der Waals surface area contributed by atoms with E-state index in [4.69, 9.17) is 16.3 Å². The Morgan fingerprint density at radius 3 is 2.86 bits per heavy atom. The predicted molar refractivity (Wildman–Crippen MR) is 82.8 cm³/mol. The SMILES string of the molecule is COc1ccc(CNCC2CCCCC2C(=O)O)cc1Cl. The number of hydrogen-bond donors (Lipinski definition) is 2. The van der Waals surface area contributed by atoms with Crippen molar-refractivity contribution in [1.29, 1.82) is 0 Å². The Hall–Kier alpha value is -1.26. The van der Waals surface area contributed by atoms with Gasteiger partial charge in [0, 0.05) is 6.54 Å². The van der Waals surface area contributed by atoms with Crippen molar-refractivity contribution in [2.24, 2.45) is 11.8 Å². The van der Waals surface area contributed by atoms with E-state index >= 15 is 0 Å². The van der Waals surface area contributed by atoms with E-state index in [1.165, 1.54) is 0 Å². The van der Waals surface area contributed by atoms with E-state index in [9.17, 15) is 9.90 Å². The minimum Gasteiger partial charge on any atom is -0.495 e. The molecule has 0 aliphatic heterocycles. The lowest BCUT2D eigenvalue weighted by Gasteiger charge is -2.28.